The van der Waals surface area contributed by atoms with Crippen molar-refractivity contribution in [3.8, 4) is 5.69 Å². The van der Waals surface area contributed by atoms with Crippen molar-refractivity contribution in [2.75, 3.05) is 5.75 Å². The lowest BCUT2D eigenvalue weighted by Crippen LogP contribution is -2.24. The predicted molar refractivity (Wildman–Crippen MR) is 99.2 cm³/mol. The van der Waals surface area contributed by atoms with Crippen molar-refractivity contribution >= 4 is 52.6 Å². The lowest BCUT2D eigenvalue weighted by molar-refractivity contribution is -0.118. The molecule has 1 N–H and O–H groups in total. The number of carbonyl (C=O) groups excluding carboxylic acids is 1. The summed E-state index contributed by atoms with van der Waals surface area (Å²) in [5.41, 5.74) is 0.933. The summed E-state index contributed by atoms with van der Waals surface area (Å²) in [5.74, 6) is 0.332. The molecule has 0 unspecified atom stereocenters. The number of thioether (sulfide) groups is 1. The normalized spacial score (nSPS) is 10.6. The Balaban J connectivity index is 1.56. The second-order valence-electron chi connectivity index (χ2n) is 4.53. The van der Waals surface area contributed by atoms with Gasteiger partial charge in [0, 0.05) is 4.88 Å². The summed E-state index contributed by atoms with van der Waals surface area (Å²) in [6.45, 7) is 0.575. The molecule has 0 aliphatic heterocycles. The lowest BCUT2D eigenvalue weighted by atomic mass is 10.3. The van der Waals surface area contributed by atoms with Gasteiger partial charge in [0.15, 0.2) is 8.29 Å². The van der Waals surface area contributed by atoms with E-state index in [2.05, 4.69) is 10.4 Å². The molecule has 0 radical (unpaired) electrons. The first-order valence-electron chi connectivity index (χ1n) is 6.80. The minimum Gasteiger partial charge on any atom is -0.350 e. The fourth-order valence-corrected chi connectivity index (χ4v) is 4.66. The molecular weight excluding hydrogens is 366 g/mol. The van der Waals surface area contributed by atoms with E-state index in [0.29, 0.717) is 16.3 Å². The zero-order valence-corrected chi connectivity index (χ0v) is 15.2. The van der Waals surface area contributed by atoms with Gasteiger partial charge in [-0.15, -0.1) is 16.4 Å². The Bertz CT molecular complexity index is 824. The highest BCUT2D eigenvalue weighted by molar-refractivity contribution is 8.01. The maximum atomic E-state index is 11.9. The first-order chi connectivity index (χ1) is 11.2. The molecule has 0 saturated heterocycles. The number of amides is 1. The zero-order chi connectivity index (χ0) is 16.1. The van der Waals surface area contributed by atoms with Crippen molar-refractivity contribution in [3.05, 3.63) is 56.7 Å². The molecular formula is C15H13N3OS4. The fourth-order valence-electron chi connectivity index (χ4n) is 1.83. The van der Waals surface area contributed by atoms with E-state index in [9.17, 15) is 4.79 Å². The standard InChI is InChI=1S/C15H13N3OS4/c19-13(16-9-12-7-4-8-21-12)10-22-14-17-18(15(20)23-14)11-5-2-1-3-6-11/h1-8H,9-10H2,(H,16,19). The van der Waals surface area contributed by atoms with Gasteiger partial charge in [0.25, 0.3) is 0 Å². The molecule has 0 spiro atoms. The van der Waals surface area contributed by atoms with Crippen LogP contribution in [0.2, 0.25) is 0 Å². The molecule has 1 amide bonds. The molecule has 8 heteroatoms. The van der Waals surface area contributed by atoms with Crippen LogP contribution in [0.3, 0.4) is 0 Å². The van der Waals surface area contributed by atoms with E-state index in [1.54, 1.807) is 16.0 Å². The van der Waals surface area contributed by atoms with Gasteiger partial charge in [-0.3, -0.25) is 4.79 Å². The molecule has 0 atom stereocenters. The SMILES string of the molecule is O=C(CSc1nn(-c2ccccc2)c(=S)s1)NCc1cccs1. The highest BCUT2D eigenvalue weighted by Gasteiger charge is 2.09. The summed E-state index contributed by atoms with van der Waals surface area (Å²) in [6.07, 6.45) is 0. The van der Waals surface area contributed by atoms with Gasteiger partial charge >= 0.3 is 0 Å². The number of nitrogens with one attached hydrogen (secondary N) is 1. The van der Waals surface area contributed by atoms with E-state index < -0.39 is 0 Å². The maximum Gasteiger partial charge on any atom is 0.230 e. The highest BCUT2D eigenvalue weighted by Crippen LogP contribution is 2.23. The van der Waals surface area contributed by atoms with Gasteiger partial charge in [-0.25, -0.2) is 4.68 Å². The Morgan fingerprint density at radius 3 is 2.83 bits per heavy atom. The zero-order valence-electron chi connectivity index (χ0n) is 12.0. The first-order valence-corrected chi connectivity index (χ1v) is 9.89. The number of aromatic nitrogens is 2. The van der Waals surface area contributed by atoms with Crippen LogP contribution in [0.1, 0.15) is 4.88 Å². The molecule has 3 rings (SSSR count). The summed E-state index contributed by atoms with van der Waals surface area (Å²) in [5, 5.41) is 9.38. The number of nitrogens with zero attached hydrogens (tertiary/aromatic N) is 2. The lowest BCUT2D eigenvalue weighted by Gasteiger charge is -2.02. The van der Waals surface area contributed by atoms with Crippen LogP contribution < -0.4 is 5.32 Å². The second kappa shape index (κ2) is 7.87. The topological polar surface area (TPSA) is 46.9 Å². The Hall–Kier alpha value is -1.48. The minimum atomic E-state index is -0.00391. The van der Waals surface area contributed by atoms with Crippen molar-refractivity contribution in [1.29, 1.82) is 0 Å². The number of para-hydroxylation sites is 1. The monoisotopic (exact) mass is 379 g/mol. The van der Waals surface area contributed by atoms with Crippen LogP contribution in [-0.2, 0) is 11.3 Å². The van der Waals surface area contributed by atoms with E-state index >= 15 is 0 Å². The number of thiophene rings is 1. The van der Waals surface area contributed by atoms with Crippen LogP contribution in [0.5, 0.6) is 0 Å². The molecule has 0 fully saturated rings. The summed E-state index contributed by atoms with van der Waals surface area (Å²) in [6, 6.07) is 13.7. The molecule has 2 aromatic heterocycles. The van der Waals surface area contributed by atoms with Crippen LogP contribution in [0.25, 0.3) is 5.69 Å². The molecule has 23 heavy (non-hydrogen) atoms. The van der Waals surface area contributed by atoms with Gasteiger partial charge in [-0.2, -0.15) is 0 Å². The third kappa shape index (κ3) is 4.51. The maximum absolute atomic E-state index is 11.9. The second-order valence-corrected chi connectivity index (χ2v) is 8.40. The summed E-state index contributed by atoms with van der Waals surface area (Å²) in [4.78, 5) is 13.0. The smallest absolute Gasteiger partial charge is 0.230 e. The van der Waals surface area contributed by atoms with Gasteiger partial charge in [0.05, 0.1) is 18.0 Å². The summed E-state index contributed by atoms with van der Waals surface area (Å²) < 4.78 is 3.20. The van der Waals surface area contributed by atoms with Crippen LogP contribution in [0, 0.1) is 3.95 Å². The van der Waals surface area contributed by atoms with Crippen LogP contribution in [0.4, 0.5) is 0 Å². The molecule has 3 aromatic rings. The number of carbonyl (C=O) groups is 1. The summed E-state index contributed by atoms with van der Waals surface area (Å²) in [7, 11) is 0. The third-order valence-electron chi connectivity index (χ3n) is 2.90. The van der Waals surface area contributed by atoms with Crippen LogP contribution in [-0.4, -0.2) is 21.4 Å². The minimum absolute atomic E-state index is 0.00391. The van der Waals surface area contributed by atoms with Gasteiger partial charge < -0.3 is 5.32 Å². The van der Waals surface area contributed by atoms with Crippen LogP contribution in [0.15, 0.2) is 52.2 Å². The molecule has 118 valence electrons. The predicted octanol–water partition coefficient (Wildman–Crippen LogP) is 4.13. The number of benzene rings is 1. The third-order valence-corrected chi connectivity index (χ3v) is 6.14. The number of hydrogen-bond donors (Lipinski definition) is 1. The Labute approximate surface area is 151 Å². The quantitative estimate of drug-likeness (QED) is 0.517. The van der Waals surface area contributed by atoms with Crippen LogP contribution >= 0.6 is 46.7 Å². The van der Waals surface area contributed by atoms with E-state index in [0.717, 1.165) is 14.9 Å². The van der Waals surface area contributed by atoms with Crippen molar-refractivity contribution in [1.82, 2.24) is 15.1 Å². The molecule has 0 saturated carbocycles. The number of rotatable bonds is 6. The van der Waals surface area contributed by atoms with E-state index in [1.165, 1.54) is 23.1 Å². The van der Waals surface area contributed by atoms with E-state index in [4.69, 9.17) is 12.2 Å². The largest absolute Gasteiger partial charge is 0.350 e. The average molecular weight is 380 g/mol. The number of hydrogen-bond acceptors (Lipinski definition) is 6. The molecule has 0 aliphatic rings. The molecule has 1 aromatic carbocycles. The highest BCUT2D eigenvalue weighted by atomic mass is 32.2. The van der Waals surface area contributed by atoms with Crippen molar-refractivity contribution in [3.63, 3.8) is 0 Å². The summed E-state index contributed by atoms with van der Waals surface area (Å²) >= 11 is 9.81. The Morgan fingerprint density at radius 1 is 1.26 bits per heavy atom. The Kier molecular flexibility index (Phi) is 5.60. The van der Waals surface area contributed by atoms with Gasteiger partial charge in [-0.1, -0.05) is 47.4 Å². The fraction of sp³-hybridized carbons (Fsp3) is 0.133. The van der Waals surface area contributed by atoms with Crippen molar-refractivity contribution in [2.45, 2.75) is 10.9 Å². The molecule has 4 nitrogen and oxygen atoms in total. The molecule has 2 heterocycles. The van der Waals surface area contributed by atoms with Crippen molar-refractivity contribution in [2.24, 2.45) is 0 Å². The first kappa shape index (κ1) is 16.4. The van der Waals surface area contributed by atoms with Gasteiger partial charge in [-0.05, 0) is 35.8 Å². The van der Waals surface area contributed by atoms with E-state index in [-0.39, 0.29) is 5.91 Å². The Morgan fingerprint density at radius 2 is 2.09 bits per heavy atom. The van der Waals surface area contributed by atoms with Gasteiger partial charge in [0.1, 0.15) is 0 Å². The van der Waals surface area contributed by atoms with Crippen molar-refractivity contribution < 1.29 is 4.79 Å². The molecule has 0 bridgehead atoms. The van der Waals surface area contributed by atoms with E-state index in [1.807, 2.05) is 47.8 Å². The molecule has 0 aliphatic carbocycles. The average Bonchev–Trinajstić information content (AvgIpc) is 3.21. The van der Waals surface area contributed by atoms with Gasteiger partial charge in [0.2, 0.25) is 5.91 Å².